The number of hydrogen-bond acceptors (Lipinski definition) is 10. The molecule has 5 heterocycles. The first-order valence-electron chi connectivity index (χ1n) is 20.0. The number of aromatic amines is 2. The minimum atomic E-state index is -2.75. The lowest BCUT2D eigenvalue weighted by Crippen LogP contribution is -2.09. The van der Waals surface area contributed by atoms with E-state index in [1.807, 2.05) is 0 Å². The molecule has 6 aliphatic rings. The molecule has 0 unspecified atom stereocenters. The number of nitrogens with one attached hydrogen (secondary N) is 2. The van der Waals surface area contributed by atoms with Gasteiger partial charge >= 0.3 is 0 Å². The highest BCUT2D eigenvalue weighted by Crippen LogP contribution is 2.46. The van der Waals surface area contributed by atoms with Crippen LogP contribution < -0.4 is 0 Å². The molecule has 0 saturated carbocycles. The van der Waals surface area contributed by atoms with Gasteiger partial charge in [0, 0.05) is 112 Å². The van der Waals surface area contributed by atoms with E-state index in [2.05, 4.69) is 9.97 Å². The zero-order valence-corrected chi connectivity index (χ0v) is 43.4. The number of allylic oxidation sites excluding steroid dienone is 16. The number of halogens is 8. The standard InChI is InChI=1S/C44H26Cl8N4O8S4/c45-17-1-13-29(65(57)58)41(49)33(17)37-21-5-7-23(53-21)38(34-18(46)2-14-30(42(34)50)66(59)60)25-9-11-27(55-25)40(36-20(48)4-16-32(44(36)52)68(63)64)28-12-10-26(56-28)39(24-8-6-22(37)54-24)35-19(47)3-15-31(43(35)51)67(61)62/h1-5,7,10,12,53,56H,6,8-9,11,13-16H2. The lowest BCUT2D eigenvalue weighted by Gasteiger charge is -2.18. The molecular formula is C44H26Cl8N4O8S4. The monoisotopic (exact) mass is 1150 g/mol. The molecule has 3 aromatic heterocycles. The van der Waals surface area contributed by atoms with Crippen LogP contribution in [0, 0.1) is 0 Å². The Labute approximate surface area is 432 Å². The average Bonchev–Trinajstić information content (AvgIpc) is 4.12. The van der Waals surface area contributed by atoms with Crippen molar-refractivity contribution in [1.82, 2.24) is 19.9 Å². The summed E-state index contributed by atoms with van der Waals surface area (Å²) in [5, 5.41) is -0.122. The highest BCUT2D eigenvalue weighted by Gasteiger charge is 2.33. The van der Waals surface area contributed by atoms with Crippen molar-refractivity contribution >= 4 is 198 Å². The molecule has 0 aromatic carbocycles. The van der Waals surface area contributed by atoms with Crippen LogP contribution in [0.15, 0.2) is 88.8 Å². The van der Waals surface area contributed by atoms with E-state index in [0.717, 1.165) is 0 Å². The Kier molecular flexibility index (Phi) is 14.0. The Hall–Kier alpha value is -3.88. The van der Waals surface area contributed by atoms with E-state index in [4.69, 9.17) is 103 Å². The highest BCUT2D eigenvalue weighted by molar-refractivity contribution is 7.74. The van der Waals surface area contributed by atoms with Crippen molar-refractivity contribution in [3.05, 3.63) is 134 Å². The molecule has 0 amide bonds. The van der Waals surface area contributed by atoms with Crippen LogP contribution in [-0.4, -0.2) is 73.1 Å². The van der Waals surface area contributed by atoms with E-state index in [1.165, 1.54) is 24.3 Å². The summed E-state index contributed by atoms with van der Waals surface area (Å²) in [6.07, 6.45) is 6.46. The molecule has 24 heteroatoms. The quantitative estimate of drug-likeness (QED) is 0.238. The molecule has 3 aromatic rings. The smallest absolute Gasteiger partial charge is 0.219 e. The molecule has 0 atom stereocenters. The number of fused-ring (bicyclic) bond motifs is 8. The molecule has 4 aliphatic carbocycles. The topological polar surface area (TPSA) is 194 Å². The summed E-state index contributed by atoms with van der Waals surface area (Å²) in [4.78, 5) is 16.7. The van der Waals surface area contributed by atoms with E-state index >= 15 is 0 Å². The summed E-state index contributed by atoms with van der Waals surface area (Å²) in [6, 6.07) is 6.72. The first-order valence-corrected chi connectivity index (χ1v) is 27.3. The van der Waals surface area contributed by atoms with Gasteiger partial charge in [-0.25, -0.2) is 0 Å². The SMILES string of the molecule is O=S(=O)=C1CC=C(Cl)C(c2c3nc(c(C4=C(Cl)C(=S(=O)=O)CC=C4Cl)c4ccc([nH]4)c(C4=C(Cl)C(=S(=O)=O)CC=C4Cl)c4nc(c(C5=C(Cl)C(=S(=O)=O)CC=C5Cl)c5ccc2[nH]5)CC4)CC3)=C1Cl. The van der Waals surface area contributed by atoms with Gasteiger partial charge in [-0.05, 0) is 49.9 Å². The number of nitrogens with zero attached hydrogens (tertiary/aromatic N) is 2. The van der Waals surface area contributed by atoms with Crippen LogP contribution in [0.3, 0.4) is 0 Å². The maximum atomic E-state index is 12.6. The van der Waals surface area contributed by atoms with Crippen molar-refractivity contribution in [3.8, 4) is 0 Å². The van der Waals surface area contributed by atoms with Gasteiger partial charge in [-0.15, -0.1) is 0 Å². The average molecular weight is 1150 g/mol. The molecule has 68 heavy (non-hydrogen) atoms. The number of rotatable bonds is 4. The van der Waals surface area contributed by atoms with E-state index in [9.17, 15) is 33.7 Å². The summed E-state index contributed by atoms with van der Waals surface area (Å²) < 4.78 is 100. The van der Waals surface area contributed by atoms with Gasteiger partial charge in [-0.3, -0.25) is 9.97 Å². The van der Waals surface area contributed by atoms with Crippen LogP contribution in [-0.2, 0) is 66.9 Å². The molecule has 9 rings (SSSR count). The maximum absolute atomic E-state index is 12.6. The third-order valence-corrected chi connectivity index (χ3v) is 18.4. The summed E-state index contributed by atoms with van der Waals surface area (Å²) in [7, 11) is -11.0. The van der Waals surface area contributed by atoms with Gasteiger partial charge in [0.15, 0.2) is 0 Å². The van der Waals surface area contributed by atoms with Crippen LogP contribution >= 0.6 is 92.8 Å². The molecule has 0 radical (unpaired) electrons. The fraction of sp³-hybridized carbons (Fsp3) is 0.182. The van der Waals surface area contributed by atoms with Crippen molar-refractivity contribution in [2.24, 2.45) is 0 Å². The van der Waals surface area contributed by atoms with E-state index in [-0.39, 0.29) is 133 Å². The van der Waals surface area contributed by atoms with E-state index in [1.54, 1.807) is 24.3 Å². The third kappa shape index (κ3) is 8.62. The van der Waals surface area contributed by atoms with Gasteiger partial charge in [-0.1, -0.05) is 117 Å². The first kappa shape index (κ1) is 49.1. The largest absolute Gasteiger partial charge is 0.354 e. The molecule has 2 N–H and O–H groups in total. The van der Waals surface area contributed by atoms with Crippen molar-refractivity contribution in [3.63, 3.8) is 0 Å². The van der Waals surface area contributed by atoms with Gasteiger partial charge in [-0.2, -0.15) is 33.7 Å². The van der Waals surface area contributed by atoms with Crippen molar-refractivity contribution < 1.29 is 33.7 Å². The Balaban J connectivity index is 1.57. The minimum absolute atomic E-state index is 0.0842. The maximum Gasteiger partial charge on any atom is 0.219 e. The van der Waals surface area contributed by atoms with Gasteiger partial charge in [0.05, 0.1) is 62.4 Å². The summed E-state index contributed by atoms with van der Waals surface area (Å²) in [5.41, 5.74) is 4.55. The fourth-order valence-corrected chi connectivity index (χ4v) is 13.8. The minimum Gasteiger partial charge on any atom is -0.354 e. The Morgan fingerprint density at radius 2 is 0.559 bits per heavy atom. The van der Waals surface area contributed by atoms with E-state index in [0.29, 0.717) is 67.1 Å². The molecule has 350 valence electrons. The van der Waals surface area contributed by atoms with E-state index < -0.39 is 41.2 Å². The van der Waals surface area contributed by atoms with Gasteiger partial charge in [0.2, 0.25) is 41.2 Å². The predicted molar refractivity (Wildman–Crippen MR) is 277 cm³/mol. The summed E-state index contributed by atoms with van der Waals surface area (Å²) >= 11 is 55.8. The Bertz CT molecular complexity index is 3470. The fourth-order valence-electron chi connectivity index (χ4n) is 8.81. The zero-order valence-electron chi connectivity index (χ0n) is 34.1. The summed E-state index contributed by atoms with van der Waals surface area (Å²) in [6.45, 7) is 0. The number of aryl methyl sites for hydroxylation is 4. The Morgan fingerprint density at radius 3 is 0.750 bits per heavy atom. The normalized spacial score (nSPS) is 18.0. The zero-order chi connectivity index (χ0) is 48.6. The molecule has 12 nitrogen and oxygen atoms in total. The van der Waals surface area contributed by atoms with Crippen LogP contribution in [0.25, 0.3) is 44.4 Å². The van der Waals surface area contributed by atoms with Gasteiger partial charge < -0.3 is 9.97 Å². The number of aromatic nitrogens is 4. The number of H-pyrrole nitrogens is 2. The molecule has 2 aliphatic heterocycles. The van der Waals surface area contributed by atoms with Crippen LogP contribution in [0.2, 0.25) is 0 Å². The lowest BCUT2D eigenvalue weighted by molar-refractivity contribution is 0.625. The lowest BCUT2D eigenvalue weighted by atomic mass is 9.95. The molecule has 8 bridgehead atoms. The molecule has 0 spiro atoms. The highest BCUT2D eigenvalue weighted by atomic mass is 35.5. The predicted octanol–water partition coefficient (Wildman–Crippen LogP) is 10.00. The second-order valence-electron chi connectivity index (χ2n) is 15.5. The third-order valence-electron chi connectivity index (χ3n) is 11.8. The second kappa shape index (κ2) is 19.4. The number of hydrogen-bond donors (Lipinski definition) is 2. The van der Waals surface area contributed by atoms with Gasteiger partial charge in [0.1, 0.15) is 0 Å². The van der Waals surface area contributed by atoms with Crippen LogP contribution in [0.1, 0.15) is 70.7 Å². The first-order chi connectivity index (χ1) is 32.4. The van der Waals surface area contributed by atoms with Crippen molar-refractivity contribution in [1.29, 1.82) is 0 Å². The molecule has 0 fully saturated rings. The van der Waals surface area contributed by atoms with Gasteiger partial charge in [0.25, 0.3) is 0 Å². The van der Waals surface area contributed by atoms with Crippen molar-refractivity contribution in [2.45, 2.75) is 51.4 Å². The van der Waals surface area contributed by atoms with Crippen molar-refractivity contribution in [2.75, 3.05) is 0 Å². The van der Waals surface area contributed by atoms with Crippen LogP contribution in [0.5, 0.6) is 0 Å². The van der Waals surface area contributed by atoms with Crippen LogP contribution in [0.4, 0.5) is 0 Å². The molecule has 0 saturated heterocycles. The molecular weight excluding hydrogens is 1120 g/mol. The Morgan fingerprint density at radius 1 is 0.353 bits per heavy atom. The summed E-state index contributed by atoms with van der Waals surface area (Å²) in [5.74, 6) is 0. The second-order valence-corrected chi connectivity index (χ2v) is 22.5.